The van der Waals surface area contributed by atoms with E-state index in [0.717, 1.165) is 0 Å². The fourth-order valence-corrected chi connectivity index (χ4v) is 3.32. The molecule has 0 radical (unpaired) electrons. The summed E-state index contributed by atoms with van der Waals surface area (Å²) in [5, 5.41) is 0. The van der Waals surface area contributed by atoms with E-state index in [1.165, 1.54) is 37.4 Å². The van der Waals surface area contributed by atoms with Gasteiger partial charge in [0.1, 0.15) is 28.8 Å². The van der Waals surface area contributed by atoms with Crippen molar-refractivity contribution in [2.75, 3.05) is 14.2 Å². The van der Waals surface area contributed by atoms with Crippen molar-refractivity contribution in [2.24, 2.45) is 0 Å². The number of esters is 1. The molecule has 1 aliphatic rings. The molecule has 0 unspecified atom stereocenters. The standard InChI is InChI=1S/C25H19FO6/c1-14-20(32-25(28)15-4-6-17(26)7-5-15)11-9-19-23(27)22(31-24(14)19)13-16-12-18(29-2)8-10-21(16)30-3/h4-13H,1-3H3/b22-13-. The Morgan fingerprint density at radius 1 is 0.969 bits per heavy atom. The number of carbonyl (C=O) groups excluding carboxylic acids is 2. The molecule has 1 heterocycles. The maximum absolute atomic E-state index is 13.1. The van der Waals surface area contributed by atoms with Gasteiger partial charge in [0.25, 0.3) is 0 Å². The lowest BCUT2D eigenvalue weighted by Crippen LogP contribution is -2.09. The molecule has 0 bridgehead atoms. The molecule has 0 atom stereocenters. The second-order valence-corrected chi connectivity index (χ2v) is 7.01. The zero-order valence-corrected chi connectivity index (χ0v) is 17.6. The third-order valence-corrected chi connectivity index (χ3v) is 5.04. The van der Waals surface area contributed by atoms with E-state index < -0.39 is 11.8 Å². The minimum absolute atomic E-state index is 0.108. The van der Waals surface area contributed by atoms with E-state index in [1.54, 1.807) is 44.4 Å². The number of hydrogen-bond acceptors (Lipinski definition) is 6. The van der Waals surface area contributed by atoms with Gasteiger partial charge in [-0.05, 0) is 67.6 Å². The molecule has 0 spiro atoms. The normalized spacial score (nSPS) is 13.5. The SMILES string of the molecule is COc1ccc(OC)c(/C=C2\Oc3c(ccc(OC(=O)c4ccc(F)cc4)c3C)C2=O)c1. The molecule has 0 aromatic heterocycles. The van der Waals surface area contributed by atoms with Gasteiger partial charge in [0.2, 0.25) is 5.78 Å². The van der Waals surface area contributed by atoms with Crippen LogP contribution in [-0.2, 0) is 0 Å². The summed E-state index contributed by atoms with van der Waals surface area (Å²) in [5.74, 6) is 0.422. The van der Waals surface area contributed by atoms with Gasteiger partial charge in [-0.25, -0.2) is 9.18 Å². The average Bonchev–Trinajstić information content (AvgIpc) is 3.12. The zero-order valence-electron chi connectivity index (χ0n) is 17.6. The van der Waals surface area contributed by atoms with Crippen molar-refractivity contribution in [3.05, 3.63) is 88.4 Å². The third-order valence-electron chi connectivity index (χ3n) is 5.04. The molecule has 6 nitrogen and oxygen atoms in total. The Morgan fingerprint density at radius 2 is 1.69 bits per heavy atom. The van der Waals surface area contributed by atoms with E-state index in [9.17, 15) is 14.0 Å². The van der Waals surface area contributed by atoms with Gasteiger partial charge < -0.3 is 18.9 Å². The lowest BCUT2D eigenvalue weighted by molar-refractivity contribution is 0.0733. The second-order valence-electron chi connectivity index (χ2n) is 7.01. The fourth-order valence-electron chi connectivity index (χ4n) is 3.32. The van der Waals surface area contributed by atoms with Crippen molar-refractivity contribution in [1.82, 2.24) is 0 Å². The average molecular weight is 434 g/mol. The molecule has 3 aromatic carbocycles. The highest BCUT2D eigenvalue weighted by Crippen LogP contribution is 2.40. The first-order valence-corrected chi connectivity index (χ1v) is 9.69. The highest BCUT2D eigenvalue weighted by atomic mass is 19.1. The van der Waals surface area contributed by atoms with Crippen LogP contribution in [0, 0.1) is 12.7 Å². The predicted molar refractivity (Wildman–Crippen MR) is 115 cm³/mol. The molecule has 162 valence electrons. The predicted octanol–water partition coefficient (Wildman–Crippen LogP) is 4.99. The summed E-state index contributed by atoms with van der Waals surface area (Å²) in [7, 11) is 3.08. The molecule has 0 saturated heterocycles. The molecule has 0 fully saturated rings. The van der Waals surface area contributed by atoms with Crippen LogP contribution in [0.1, 0.15) is 31.8 Å². The Labute approximate surface area is 183 Å². The largest absolute Gasteiger partial charge is 0.497 e. The highest BCUT2D eigenvalue weighted by molar-refractivity contribution is 6.15. The first-order valence-electron chi connectivity index (χ1n) is 9.69. The van der Waals surface area contributed by atoms with Gasteiger partial charge in [0.05, 0.1) is 25.3 Å². The van der Waals surface area contributed by atoms with Crippen molar-refractivity contribution in [3.8, 4) is 23.0 Å². The molecular weight excluding hydrogens is 415 g/mol. The second kappa shape index (κ2) is 8.55. The topological polar surface area (TPSA) is 71.1 Å². The third kappa shape index (κ3) is 3.92. The lowest BCUT2D eigenvalue weighted by atomic mass is 10.1. The van der Waals surface area contributed by atoms with E-state index in [0.29, 0.717) is 33.9 Å². The van der Waals surface area contributed by atoms with Crippen LogP contribution >= 0.6 is 0 Å². The van der Waals surface area contributed by atoms with Crippen LogP contribution in [0.25, 0.3) is 6.08 Å². The van der Waals surface area contributed by atoms with E-state index in [-0.39, 0.29) is 22.9 Å². The monoisotopic (exact) mass is 434 g/mol. The first kappa shape index (κ1) is 21.1. The van der Waals surface area contributed by atoms with Crippen LogP contribution in [0.2, 0.25) is 0 Å². The molecular formula is C25H19FO6. The summed E-state index contributed by atoms with van der Waals surface area (Å²) in [6.07, 6.45) is 1.58. The first-order chi connectivity index (χ1) is 15.4. The van der Waals surface area contributed by atoms with Gasteiger partial charge in [-0.15, -0.1) is 0 Å². The van der Waals surface area contributed by atoms with Gasteiger partial charge in [-0.2, -0.15) is 0 Å². The van der Waals surface area contributed by atoms with Gasteiger partial charge in [-0.3, -0.25) is 4.79 Å². The maximum atomic E-state index is 13.1. The van der Waals surface area contributed by atoms with Gasteiger partial charge in [0, 0.05) is 11.1 Å². The number of fused-ring (bicyclic) bond motifs is 1. The van der Waals surface area contributed by atoms with Crippen molar-refractivity contribution >= 4 is 17.8 Å². The minimum Gasteiger partial charge on any atom is -0.497 e. The Kier molecular flexibility index (Phi) is 5.64. The zero-order chi connectivity index (χ0) is 22.8. The number of hydrogen-bond donors (Lipinski definition) is 0. The highest BCUT2D eigenvalue weighted by Gasteiger charge is 2.31. The van der Waals surface area contributed by atoms with E-state index >= 15 is 0 Å². The van der Waals surface area contributed by atoms with Gasteiger partial charge in [0.15, 0.2) is 5.76 Å². The van der Waals surface area contributed by atoms with Crippen LogP contribution in [0.5, 0.6) is 23.0 Å². The van der Waals surface area contributed by atoms with Crippen LogP contribution in [-0.4, -0.2) is 26.0 Å². The van der Waals surface area contributed by atoms with Crippen molar-refractivity contribution in [1.29, 1.82) is 0 Å². The number of rotatable bonds is 5. The molecule has 1 aliphatic heterocycles. The molecule has 0 saturated carbocycles. The number of benzene rings is 3. The summed E-state index contributed by atoms with van der Waals surface area (Å²) in [4.78, 5) is 25.3. The van der Waals surface area contributed by atoms with Crippen LogP contribution < -0.4 is 18.9 Å². The fraction of sp³-hybridized carbons (Fsp3) is 0.120. The van der Waals surface area contributed by atoms with Crippen LogP contribution in [0.15, 0.2) is 60.4 Å². The molecule has 0 N–H and O–H groups in total. The maximum Gasteiger partial charge on any atom is 0.343 e. The van der Waals surface area contributed by atoms with E-state index in [2.05, 4.69) is 0 Å². The Bertz CT molecular complexity index is 1240. The number of ketones is 1. The molecule has 3 aromatic rings. The van der Waals surface area contributed by atoms with Crippen LogP contribution in [0.3, 0.4) is 0 Å². The Morgan fingerprint density at radius 3 is 2.38 bits per heavy atom. The number of ether oxygens (including phenoxy) is 4. The molecule has 7 heteroatoms. The quantitative estimate of drug-likeness (QED) is 0.320. The van der Waals surface area contributed by atoms with Gasteiger partial charge >= 0.3 is 5.97 Å². The van der Waals surface area contributed by atoms with E-state index in [1.807, 2.05) is 0 Å². The smallest absolute Gasteiger partial charge is 0.343 e. The number of Topliss-reactive ketones (excluding diaryl/α,β-unsaturated/α-hetero) is 1. The molecule has 0 amide bonds. The summed E-state index contributed by atoms with van der Waals surface area (Å²) in [6.45, 7) is 1.69. The number of halogens is 1. The number of allylic oxidation sites excluding steroid dienone is 1. The summed E-state index contributed by atoms with van der Waals surface area (Å²) < 4.78 is 35.0. The van der Waals surface area contributed by atoms with Crippen molar-refractivity contribution in [3.63, 3.8) is 0 Å². The Balaban J connectivity index is 1.63. The minimum atomic E-state index is -0.644. The summed E-state index contributed by atoms with van der Waals surface area (Å²) in [6, 6.07) is 13.3. The van der Waals surface area contributed by atoms with Gasteiger partial charge in [-0.1, -0.05) is 0 Å². The van der Waals surface area contributed by atoms with Crippen LogP contribution in [0.4, 0.5) is 4.39 Å². The number of methoxy groups -OCH3 is 2. The summed E-state index contributed by atoms with van der Waals surface area (Å²) >= 11 is 0. The summed E-state index contributed by atoms with van der Waals surface area (Å²) in [5.41, 5.74) is 1.67. The number of carbonyl (C=O) groups is 2. The van der Waals surface area contributed by atoms with E-state index in [4.69, 9.17) is 18.9 Å². The van der Waals surface area contributed by atoms with Crippen molar-refractivity contribution < 1.29 is 32.9 Å². The molecule has 32 heavy (non-hydrogen) atoms. The Hall–Kier alpha value is -4.13. The van der Waals surface area contributed by atoms with Crippen molar-refractivity contribution in [2.45, 2.75) is 6.92 Å². The lowest BCUT2D eigenvalue weighted by Gasteiger charge is -2.10. The molecule has 0 aliphatic carbocycles. The molecule has 4 rings (SSSR count).